The first-order valence-electron chi connectivity index (χ1n) is 10.9. The lowest BCUT2D eigenvalue weighted by molar-refractivity contribution is -0.121. The van der Waals surface area contributed by atoms with E-state index in [0.29, 0.717) is 47.9 Å². The molecule has 0 aliphatic carbocycles. The fourth-order valence-corrected chi connectivity index (χ4v) is 3.32. The van der Waals surface area contributed by atoms with E-state index < -0.39 is 0 Å². The van der Waals surface area contributed by atoms with Crippen molar-refractivity contribution < 1.29 is 18.7 Å². The number of hydrogen-bond donors (Lipinski definition) is 1. The lowest BCUT2D eigenvalue weighted by Gasteiger charge is -2.09. The van der Waals surface area contributed by atoms with Gasteiger partial charge in [0.25, 0.3) is 0 Å². The number of pyridine rings is 1. The third-order valence-corrected chi connectivity index (χ3v) is 5.15. The Labute approximate surface area is 202 Å². The largest absolute Gasteiger partial charge is 0.494 e. The standard InChI is InChI=1S/C26H24ClN3O4/c1-2-32-21-7-9-22(10-8-21)33-26-15-18(13-14-28-26)16-29-24(31)11-12-25-30-17-23(34-25)19-3-5-20(27)6-4-19/h3-10,13-15,17H,2,11-12,16H2,1H3,(H,29,31). The molecule has 174 valence electrons. The van der Waals surface area contributed by atoms with Crippen LogP contribution in [0.25, 0.3) is 11.3 Å². The Kier molecular flexibility index (Phi) is 7.78. The van der Waals surface area contributed by atoms with Gasteiger partial charge in [0.05, 0.1) is 12.8 Å². The molecule has 4 rings (SSSR count). The maximum absolute atomic E-state index is 12.3. The number of aryl methyl sites for hydroxylation is 1. The number of carbonyl (C=O) groups excluding carboxylic acids is 1. The summed E-state index contributed by atoms with van der Waals surface area (Å²) < 4.78 is 17.0. The topological polar surface area (TPSA) is 86.5 Å². The van der Waals surface area contributed by atoms with E-state index in [-0.39, 0.29) is 12.3 Å². The van der Waals surface area contributed by atoms with E-state index in [1.165, 1.54) is 0 Å². The number of halogens is 1. The van der Waals surface area contributed by atoms with Gasteiger partial charge in [0.2, 0.25) is 11.8 Å². The molecular weight excluding hydrogens is 454 g/mol. The molecule has 8 heteroatoms. The Morgan fingerprint density at radius 3 is 2.56 bits per heavy atom. The van der Waals surface area contributed by atoms with Crippen LogP contribution in [0.3, 0.4) is 0 Å². The van der Waals surface area contributed by atoms with Crippen molar-refractivity contribution in [3.63, 3.8) is 0 Å². The monoisotopic (exact) mass is 477 g/mol. The van der Waals surface area contributed by atoms with Gasteiger partial charge in [-0.05, 0) is 67.1 Å². The second-order valence-corrected chi connectivity index (χ2v) is 7.85. The van der Waals surface area contributed by atoms with Crippen LogP contribution in [-0.4, -0.2) is 22.5 Å². The number of carbonyl (C=O) groups is 1. The molecular formula is C26H24ClN3O4. The van der Waals surface area contributed by atoms with E-state index in [0.717, 1.165) is 16.9 Å². The zero-order valence-corrected chi connectivity index (χ0v) is 19.4. The molecule has 0 unspecified atom stereocenters. The summed E-state index contributed by atoms with van der Waals surface area (Å²) in [7, 11) is 0. The van der Waals surface area contributed by atoms with Crippen molar-refractivity contribution in [2.24, 2.45) is 0 Å². The Balaban J connectivity index is 1.25. The number of nitrogens with one attached hydrogen (secondary N) is 1. The van der Waals surface area contributed by atoms with E-state index in [1.807, 2.05) is 49.4 Å². The predicted molar refractivity (Wildman–Crippen MR) is 129 cm³/mol. The summed E-state index contributed by atoms with van der Waals surface area (Å²) in [5.41, 5.74) is 1.76. The van der Waals surface area contributed by atoms with Crippen LogP contribution in [0, 0.1) is 0 Å². The zero-order valence-electron chi connectivity index (χ0n) is 18.7. The number of rotatable bonds is 10. The molecule has 4 aromatic rings. The predicted octanol–water partition coefficient (Wildman–Crippen LogP) is 5.83. The molecule has 0 saturated carbocycles. The average molecular weight is 478 g/mol. The Hall–Kier alpha value is -3.84. The van der Waals surface area contributed by atoms with Crippen molar-refractivity contribution in [2.75, 3.05) is 6.61 Å². The molecule has 1 amide bonds. The van der Waals surface area contributed by atoms with Crippen molar-refractivity contribution in [3.05, 3.63) is 89.5 Å². The minimum atomic E-state index is -0.1000. The molecule has 0 atom stereocenters. The van der Waals surface area contributed by atoms with Crippen LogP contribution in [0.1, 0.15) is 24.8 Å². The zero-order chi connectivity index (χ0) is 23.8. The third kappa shape index (κ3) is 6.59. The molecule has 1 N–H and O–H groups in total. The number of hydrogen-bond acceptors (Lipinski definition) is 6. The average Bonchev–Trinajstić information content (AvgIpc) is 3.33. The molecule has 34 heavy (non-hydrogen) atoms. The SMILES string of the molecule is CCOc1ccc(Oc2cc(CNC(=O)CCc3ncc(-c4ccc(Cl)cc4)o3)ccn2)cc1. The van der Waals surface area contributed by atoms with E-state index >= 15 is 0 Å². The number of oxazole rings is 1. The van der Waals surface area contributed by atoms with Gasteiger partial charge in [-0.2, -0.15) is 0 Å². The Bertz CT molecular complexity index is 1220. The minimum Gasteiger partial charge on any atom is -0.494 e. The summed E-state index contributed by atoms with van der Waals surface area (Å²) in [5.74, 6) is 2.94. The molecule has 0 saturated heterocycles. The lowest BCUT2D eigenvalue weighted by Crippen LogP contribution is -2.23. The summed E-state index contributed by atoms with van der Waals surface area (Å²) >= 11 is 5.92. The molecule has 7 nitrogen and oxygen atoms in total. The second-order valence-electron chi connectivity index (χ2n) is 7.41. The van der Waals surface area contributed by atoms with Gasteiger partial charge in [-0.1, -0.05) is 11.6 Å². The first kappa shape index (κ1) is 23.3. The quantitative estimate of drug-likeness (QED) is 0.309. The molecule has 0 aliphatic rings. The van der Waals surface area contributed by atoms with Crippen molar-refractivity contribution >= 4 is 17.5 Å². The maximum Gasteiger partial charge on any atom is 0.220 e. The van der Waals surface area contributed by atoms with Crippen molar-refractivity contribution in [2.45, 2.75) is 26.3 Å². The highest BCUT2D eigenvalue weighted by molar-refractivity contribution is 6.30. The first-order chi connectivity index (χ1) is 16.6. The van der Waals surface area contributed by atoms with Crippen LogP contribution in [0.2, 0.25) is 5.02 Å². The van der Waals surface area contributed by atoms with E-state index in [4.69, 9.17) is 25.5 Å². The van der Waals surface area contributed by atoms with Crippen LogP contribution in [0.15, 0.2) is 77.5 Å². The molecule has 2 aromatic carbocycles. The van der Waals surface area contributed by atoms with Gasteiger partial charge >= 0.3 is 0 Å². The molecule has 0 spiro atoms. The van der Waals surface area contributed by atoms with Gasteiger partial charge in [-0.3, -0.25) is 4.79 Å². The summed E-state index contributed by atoms with van der Waals surface area (Å²) in [6.45, 7) is 2.91. The Morgan fingerprint density at radius 2 is 1.79 bits per heavy atom. The van der Waals surface area contributed by atoms with Crippen LogP contribution in [-0.2, 0) is 17.8 Å². The van der Waals surface area contributed by atoms with E-state index in [2.05, 4.69) is 15.3 Å². The smallest absolute Gasteiger partial charge is 0.220 e. The maximum atomic E-state index is 12.3. The highest BCUT2D eigenvalue weighted by atomic mass is 35.5. The van der Waals surface area contributed by atoms with Crippen molar-refractivity contribution in [1.82, 2.24) is 15.3 Å². The third-order valence-electron chi connectivity index (χ3n) is 4.89. The molecule has 2 aromatic heterocycles. The van der Waals surface area contributed by atoms with Crippen LogP contribution in [0.4, 0.5) is 0 Å². The molecule has 2 heterocycles. The number of nitrogens with zero attached hydrogens (tertiary/aromatic N) is 2. The van der Waals surface area contributed by atoms with Crippen LogP contribution >= 0.6 is 11.6 Å². The minimum absolute atomic E-state index is 0.1000. The van der Waals surface area contributed by atoms with Crippen molar-refractivity contribution in [3.8, 4) is 28.7 Å². The number of benzene rings is 2. The summed E-state index contributed by atoms with van der Waals surface area (Å²) in [5, 5.41) is 3.56. The van der Waals surface area contributed by atoms with Crippen LogP contribution < -0.4 is 14.8 Å². The van der Waals surface area contributed by atoms with Crippen molar-refractivity contribution in [1.29, 1.82) is 0 Å². The highest BCUT2D eigenvalue weighted by Crippen LogP contribution is 2.24. The molecule has 0 fully saturated rings. The second kappa shape index (κ2) is 11.3. The number of amides is 1. The normalized spacial score (nSPS) is 10.6. The summed E-state index contributed by atoms with van der Waals surface area (Å²) in [6.07, 6.45) is 3.97. The summed E-state index contributed by atoms with van der Waals surface area (Å²) in [6, 6.07) is 18.3. The Morgan fingerprint density at radius 1 is 1.03 bits per heavy atom. The van der Waals surface area contributed by atoms with Gasteiger partial charge in [-0.15, -0.1) is 0 Å². The highest BCUT2D eigenvalue weighted by Gasteiger charge is 2.10. The van der Waals surface area contributed by atoms with E-state index in [1.54, 1.807) is 30.6 Å². The fraction of sp³-hybridized carbons (Fsp3) is 0.192. The number of aromatic nitrogens is 2. The van der Waals surface area contributed by atoms with Gasteiger partial charge in [0.15, 0.2) is 11.7 Å². The fourth-order valence-electron chi connectivity index (χ4n) is 3.19. The lowest BCUT2D eigenvalue weighted by atomic mass is 10.2. The molecule has 0 radical (unpaired) electrons. The van der Waals surface area contributed by atoms with Crippen LogP contribution in [0.5, 0.6) is 17.4 Å². The van der Waals surface area contributed by atoms with Gasteiger partial charge in [0, 0.05) is 42.2 Å². The van der Waals surface area contributed by atoms with Gasteiger partial charge < -0.3 is 19.2 Å². The summed E-state index contributed by atoms with van der Waals surface area (Å²) in [4.78, 5) is 20.8. The van der Waals surface area contributed by atoms with Gasteiger partial charge in [-0.25, -0.2) is 9.97 Å². The molecule has 0 aliphatic heterocycles. The number of ether oxygens (including phenoxy) is 2. The van der Waals surface area contributed by atoms with E-state index in [9.17, 15) is 4.79 Å². The van der Waals surface area contributed by atoms with Gasteiger partial charge in [0.1, 0.15) is 11.5 Å². The molecule has 0 bridgehead atoms. The first-order valence-corrected chi connectivity index (χ1v) is 11.3.